The van der Waals surface area contributed by atoms with Crippen molar-refractivity contribution in [2.24, 2.45) is 36.6 Å². The molecule has 2 aromatic rings. The summed E-state index contributed by atoms with van der Waals surface area (Å²) in [7, 11) is 1.86. The Balaban J connectivity index is 1.39. The molecule has 0 spiro atoms. The van der Waals surface area contributed by atoms with Crippen LogP contribution in [0.2, 0.25) is 0 Å². The molecule has 1 amide bonds. The van der Waals surface area contributed by atoms with Gasteiger partial charge in [-0.05, 0) is 55.8 Å². The summed E-state index contributed by atoms with van der Waals surface area (Å²) in [4.78, 5) is 17.4. The molecule has 25 heavy (non-hydrogen) atoms. The van der Waals surface area contributed by atoms with Gasteiger partial charge in [-0.2, -0.15) is 10.1 Å². The lowest BCUT2D eigenvalue weighted by molar-refractivity contribution is -0.138. The molecule has 2 aromatic heterocycles. The molecule has 6 rings (SSSR count). The van der Waals surface area contributed by atoms with Crippen LogP contribution >= 0.6 is 0 Å². The number of amides is 1. The summed E-state index contributed by atoms with van der Waals surface area (Å²) in [5.41, 5.74) is 0.876. The van der Waals surface area contributed by atoms with Gasteiger partial charge < -0.3 is 9.84 Å². The van der Waals surface area contributed by atoms with Gasteiger partial charge in [-0.15, -0.1) is 0 Å². The highest BCUT2D eigenvalue weighted by Gasteiger charge is 2.51. The van der Waals surface area contributed by atoms with Crippen LogP contribution in [-0.4, -0.2) is 25.8 Å². The molecule has 4 fully saturated rings. The van der Waals surface area contributed by atoms with Gasteiger partial charge in [-0.1, -0.05) is 5.16 Å². The topological polar surface area (TPSA) is 85.8 Å². The zero-order valence-corrected chi connectivity index (χ0v) is 14.3. The summed E-state index contributed by atoms with van der Waals surface area (Å²) in [6, 6.07) is -0.405. The maximum atomic E-state index is 13.2. The number of nitrogens with zero attached hydrogens (tertiary/aromatic N) is 4. The number of hydrogen-bond acceptors (Lipinski definition) is 5. The van der Waals surface area contributed by atoms with Gasteiger partial charge in [-0.3, -0.25) is 9.48 Å². The van der Waals surface area contributed by atoms with E-state index in [4.69, 9.17) is 4.52 Å². The van der Waals surface area contributed by atoms with Crippen molar-refractivity contribution in [1.29, 1.82) is 0 Å². The fourth-order valence-corrected chi connectivity index (χ4v) is 5.78. The Bertz CT molecular complexity index is 740. The fourth-order valence-electron chi connectivity index (χ4n) is 5.78. The average molecular weight is 341 g/mol. The number of hydrogen-bond donors (Lipinski definition) is 1. The molecule has 0 radical (unpaired) electrons. The second kappa shape index (κ2) is 5.68. The summed E-state index contributed by atoms with van der Waals surface area (Å²) in [5, 5.41) is 11.4. The zero-order chi connectivity index (χ0) is 17.0. The maximum absolute atomic E-state index is 13.2. The van der Waals surface area contributed by atoms with E-state index in [1.54, 1.807) is 10.9 Å². The average Bonchev–Trinajstić information content (AvgIpc) is 3.23. The van der Waals surface area contributed by atoms with E-state index in [2.05, 4.69) is 20.6 Å². The Kier molecular flexibility index (Phi) is 3.43. The van der Waals surface area contributed by atoms with Crippen LogP contribution in [0.4, 0.5) is 0 Å². The van der Waals surface area contributed by atoms with Gasteiger partial charge in [0.15, 0.2) is 5.82 Å². The molecule has 7 nitrogen and oxygen atoms in total. The van der Waals surface area contributed by atoms with Gasteiger partial charge in [0.05, 0.1) is 6.20 Å². The third-order valence-electron chi connectivity index (χ3n) is 6.51. The van der Waals surface area contributed by atoms with Gasteiger partial charge in [0.2, 0.25) is 12.3 Å². The highest BCUT2D eigenvalue weighted by Crippen LogP contribution is 2.56. The monoisotopic (exact) mass is 341 g/mol. The number of carbonyl (C=O) groups excluding carboxylic acids is 1. The maximum Gasteiger partial charge on any atom is 0.224 e. The van der Waals surface area contributed by atoms with Crippen LogP contribution in [0.25, 0.3) is 0 Å². The van der Waals surface area contributed by atoms with Gasteiger partial charge in [0.1, 0.15) is 6.04 Å². The molecule has 0 aromatic carbocycles. The fraction of sp³-hybridized carbons (Fsp3) is 0.667. The summed E-state index contributed by atoms with van der Waals surface area (Å²) < 4.78 is 6.63. The molecular formula is C18H23N5O2. The molecule has 0 aliphatic heterocycles. The van der Waals surface area contributed by atoms with E-state index >= 15 is 0 Å². The molecular weight excluding hydrogens is 318 g/mol. The van der Waals surface area contributed by atoms with Gasteiger partial charge >= 0.3 is 0 Å². The lowest BCUT2D eigenvalue weighted by Crippen LogP contribution is -2.51. The van der Waals surface area contributed by atoms with Crippen LogP contribution in [0.5, 0.6) is 0 Å². The van der Waals surface area contributed by atoms with Crippen molar-refractivity contribution in [1.82, 2.24) is 25.2 Å². The van der Waals surface area contributed by atoms with Crippen molar-refractivity contribution in [2.45, 2.75) is 38.1 Å². The first-order valence-electron chi connectivity index (χ1n) is 9.22. The first-order chi connectivity index (χ1) is 12.2. The van der Waals surface area contributed by atoms with Crippen molar-refractivity contribution < 1.29 is 9.32 Å². The first kappa shape index (κ1) is 15.1. The third-order valence-corrected chi connectivity index (χ3v) is 6.51. The third kappa shape index (κ3) is 2.56. The van der Waals surface area contributed by atoms with Crippen molar-refractivity contribution >= 4 is 5.91 Å². The minimum absolute atomic E-state index is 0.138. The second-order valence-electron chi connectivity index (χ2n) is 8.13. The Hall–Kier alpha value is -2.18. The number of aromatic nitrogens is 4. The van der Waals surface area contributed by atoms with Crippen molar-refractivity contribution in [3.8, 4) is 0 Å². The van der Waals surface area contributed by atoms with E-state index in [1.165, 1.54) is 38.5 Å². The molecule has 7 heteroatoms. The SMILES string of the molecule is Cn1cc([C@H](NC(=O)C2C3CC4CC(C3)CC2C4)c2ncon2)cn1. The minimum atomic E-state index is -0.405. The largest absolute Gasteiger partial charge is 0.343 e. The smallest absolute Gasteiger partial charge is 0.224 e. The molecule has 132 valence electrons. The highest BCUT2D eigenvalue weighted by molar-refractivity contribution is 5.80. The van der Waals surface area contributed by atoms with Crippen LogP contribution in [0.1, 0.15) is 49.5 Å². The van der Waals surface area contributed by atoms with Crippen LogP contribution in [0, 0.1) is 29.6 Å². The van der Waals surface area contributed by atoms with E-state index in [0.29, 0.717) is 17.7 Å². The quantitative estimate of drug-likeness (QED) is 0.920. The van der Waals surface area contributed by atoms with Crippen LogP contribution in [0.15, 0.2) is 23.3 Å². The summed E-state index contributed by atoms with van der Waals surface area (Å²) in [6.07, 6.45) is 11.2. The molecule has 1 atom stereocenters. The van der Waals surface area contributed by atoms with Crippen LogP contribution in [-0.2, 0) is 11.8 Å². The molecule has 0 unspecified atom stereocenters. The Morgan fingerprint density at radius 2 is 1.96 bits per heavy atom. The van der Waals surface area contributed by atoms with Crippen molar-refractivity contribution in [3.05, 3.63) is 30.2 Å². The highest BCUT2D eigenvalue weighted by atomic mass is 16.5. The second-order valence-corrected chi connectivity index (χ2v) is 8.13. The molecule has 4 aliphatic rings. The van der Waals surface area contributed by atoms with Crippen LogP contribution < -0.4 is 5.32 Å². The molecule has 4 saturated carbocycles. The first-order valence-corrected chi connectivity index (χ1v) is 9.22. The molecule has 4 aliphatic carbocycles. The minimum Gasteiger partial charge on any atom is -0.343 e. The Morgan fingerprint density at radius 3 is 2.52 bits per heavy atom. The van der Waals surface area contributed by atoms with E-state index in [9.17, 15) is 4.79 Å². The Labute approximate surface area is 146 Å². The molecule has 1 N–H and O–H groups in total. The molecule has 0 saturated heterocycles. The normalized spacial score (nSPS) is 34.2. The number of rotatable bonds is 4. The standard InChI is InChI=1S/C18H23N5O2/c1-23-8-14(7-20-23)16(17-19-9-25-22-17)21-18(24)15-12-3-10-2-11(5-12)6-13(15)4-10/h7-13,15-16H,2-6H2,1H3,(H,21,24)/t10?,11?,12?,13?,15?,16-/m0/s1. The summed E-state index contributed by atoms with van der Waals surface area (Å²) in [5.74, 6) is 3.58. The predicted octanol–water partition coefficient (Wildman–Crippen LogP) is 2.08. The number of carbonyl (C=O) groups is 1. The molecule has 2 heterocycles. The summed E-state index contributed by atoms with van der Waals surface area (Å²) >= 11 is 0. The zero-order valence-electron chi connectivity index (χ0n) is 14.3. The Morgan fingerprint density at radius 1 is 1.24 bits per heavy atom. The van der Waals surface area contributed by atoms with E-state index in [1.807, 2.05) is 13.2 Å². The van der Waals surface area contributed by atoms with Gasteiger partial charge in [0, 0.05) is 24.7 Å². The van der Waals surface area contributed by atoms with E-state index < -0.39 is 6.04 Å². The predicted molar refractivity (Wildman–Crippen MR) is 88.0 cm³/mol. The summed E-state index contributed by atoms with van der Waals surface area (Å²) in [6.45, 7) is 0. The van der Waals surface area contributed by atoms with Gasteiger partial charge in [0.25, 0.3) is 0 Å². The number of aryl methyl sites for hydroxylation is 1. The lowest BCUT2D eigenvalue weighted by Gasteiger charge is -2.53. The van der Waals surface area contributed by atoms with Gasteiger partial charge in [-0.25, -0.2) is 0 Å². The van der Waals surface area contributed by atoms with E-state index in [0.717, 1.165) is 17.4 Å². The van der Waals surface area contributed by atoms with Crippen molar-refractivity contribution in [3.63, 3.8) is 0 Å². The van der Waals surface area contributed by atoms with Crippen molar-refractivity contribution in [2.75, 3.05) is 0 Å². The number of nitrogens with one attached hydrogen (secondary N) is 1. The lowest BCUT2D eigenvalue weighted by atomic mass is 9.51. The van der Waals surface area contributed by atoms with Crippen LogP contribution in [0.3, 0.4) is 0 Å². The van der Waals surface area contributed by atoms with E-state index in [-0.39, 0.29) is 11.8 Å². The molecule has 4 bridgehead atoms.